The number of nitrogens with two attached hydrogens (primary N) is 1. The van der Waals surface area contributed by atoms with Gasteiger partial charge in [0.05, 0.1) is 5.69 Å². The second-order valence-corrected chi connectivity index (χ2v) is 3.50. The fourth-order valence-corrected chi connectivity index (χ4v) is 1.48. The molecule has 1 aromatic heterocycles. The van der Waals surface area contributed by atoms with E-state index < -0.39 is 6.43 Å². The fraction of sp³-hybridized carbons (Fsp3) is 0.182. The van der Waals surface area contributed by atoms with Gasteiger partial charge in [-0.15, -0.1) is 0 Å². The van der Waals surface area contributed by atoms with E-state index in [4.69, 9.17) is 5.73 Å². The Balaban J connectivity index is 2.19. The summed E-state index contributed by atoms with van der Waals surface area (Å²) in [6, 6.07) is 8.59. The van der Waals surface area contributed by atoms with Crippen LogP contribution in [0.25, 0.3) is 11.3 Å². The number of nitrogens with one attached hydrogen (secondary N) is 1. The predicted molar refractivity (Wildman–Crippen MR) is 58.1 cm³/mol. The number of nitrogens with zero attached hydrogens (tertiary/aromatic N) is 1. The van der Waals surface area contributed by atoms with E-state index in [0.29, 0.717) is 11.4 Å². The summed E-state index contributed by atoms with van der Waals surface area (Å²) in [6.07, 6.45) is -2.53. The number of H-pyrrole nitrogens is 1. The lowest BCUT2D eigenvalue weighted by atomic mass is 10.1. The topological polar surface area (TPSA) is 54.7 Å². The van der Waals surface area contributed by atoms with Crippen LogP contribution in [0.2, 0.25) is 0 Å². The minimum Gasteiger partial charge on any atom is -0.382 e. The van der Waals surface area contributed by atoms with Crippen molar-refractivity contribution in [2.24, 2.45) is 0 Å². The Hall–Kier alpha value is -1.91. The minimum atomic E-state index is -2.31. The molecule has 0 spiro atoms. The molecule has 2 aromatic rings. The first-order chi connectivity index (χ1) is 7.65. The standard InChI is InChI=1S/C11H11F2N3/c12-10(13)5-7-1-3-8(4-2-7)9-6-11(14)16-15-9/h1-4,6,10H,5H2,(H3,14,15,16). The molecule has 0 radical (unpaired) electrons. The van der Waals surface area contributed by atoms with Crippen LogP contribution in [0.15, 0.2) is 30.3 Å². The average Bonchev–Trinajstić information content (AvgIpc) is 2.65. The molecule has 2 rings (SSSR count). The van der Waals surface area contributed by atoms with Crippen molar-refractivity contribution in [1.29, 1.82) is 0 Å². The minimum absolute atomic E-state index is 0.217. The number of aromatic amines is 1. The second kappa shape index (κ2) is 4.30. The number of hydrogen-bond donors (Lipinski definition) is 2. The van der Waals surface area contributed by atoms with E-state index in [1.54, 1.807) is 30.3 Å². The van der Waals surface area contributed by atoms with Crippen LogP contribution in [0.4, 0.5) is 14.6 Å². The Kier molecular flexibility index (Phi) is 2.85. The number of alkyl halides is 2. The molecule has 0 aliphatic carbocycles. The van der Waals surface area contributed by atoms with Gasteiger partial charge in [0.15, 0.2) is 0 Å². The molecular formula is C11H11F2N3. The van der Waals surface area contributed by atoms with Crippen LogP contribution in [0, 0.1) is 0 Å². The molecule has 3 nitrogen and oxygen atoms in total. The third kappa shape index (κ3) is 2.36. The summed E-state index contributed by atoms with van der Waals surface area (Å²) in [6.45, 7) is 0. The van der Waals surface area contributed by atoms with Crippen LogP contribution in [-0.2, 0) is 6.42 Å². The van der Waals surface area contributed by atoms with Gasteiger partial charge in [-0.05, 0) is 11.1 Å². The molecule has 0 aliphatic heterocycles. The zero-order valence-electron chi connectivity index (χ0n) is 8.45. The number of rotatable bonds is 3. The van der Waals surface area contributed by atoms with Gasteiger partial charge in [-0.1, -0.05) is 24.3 Å². The van der Waals surface area contributed by atoms with Gasteiger partial charge in [-0.3, -0.25) is 5.10 Å². The van der Waals surface area contributed by atoms with Gasteiger partial charge in [-0.2, -0.15) is 5.10 Å². The third-order valence-electron chi connectivity index (χ3n) is 2.25. The van der Waals surface area contributed by atoms with E-state index in [2.05, 4.69) is 10.2 Å². The average molecular weight is 223 g/mol. The van der Waals surface area contributed by atoms with E-state index in [9.17, 15) is 8.78 Å². The molecular weight excluding hydrogens is 212 g/mol. The molecule has 0 unspecified atom stereocenters. The summed E-state index contributed by atoms with van der Waals surface area (Å²) >= 11 is 0. The summed E-state index contributed by atoms with van der Waals surface area (Å²) in [5, 5.41) is 6.56. The third-order valence-corrected chi connectivity index (χ3v) is 2.25. The van der Waals surface area contributed by atoms with Crippen molar-refractivity contribution in [3.05, 3.63) is 35.9 Å². The van der Waals surface area contributed by atoms with Gasteiger partial charge in [-0.25, -0.2) is 8.78 Å². The maximum atomic E-state index is 12.1. The molecule has 1 aromatic carbocycles. The number of hydrogen-bond acceptors (Lipinski definition) is 2. The lowest BCUT2D eigenvalue weighted by molar-refractivity contribution is 0.149. The summed E-state index contributed by atoms with van der Waals surface area (Å²) in [4.78, 5) is 0. The molecule has 5 heteroatoms. The van der Waals surface area contributed by atoms with Crippen molar-refractivity contribution in [3.8, 4) is 11.3 Å². The normalized spacial score (nSPS) is 10.9. The van der Waals surface area contributed by atoms with Crippen LogP contribution in [0.3, 0.4) is 0 Å². The summed E-state index contributed by atoms with van der Waals surface area (Å²) < 4.78 is 24.2. The number of anilines is 1. The van der Waals surface area contributed by atoms with Gasteiger partial charge in [0.25, 0.3) is 0 Å². The van der Waals surface area contributed by atoms with Crippen molar-refractivity contribution in [2.75, 3.05) is 5.73 Å². The summed E-state index contributed by atoms with van der Waals surface area (Å²) in [7, 11) is 0. The Morgan fingerprint density at radius 3 is 2.44 bits per heavy atom. The Morgan fingerprint density at radius 1 is 1.25 bits per heavy atom. The summed E-state index contributed by atoms with van der Waals surface area (Å²) in [5.74, 6) is 0.409. The van der Waals surface area contributed by atoms with Crippen molar-refractivity contribution < 1.29 is 8.78 Å². The lowest BCUT2D eigenvalue weighted by Crippen LogP contribution is -1.96. The van der Waals surface area contributed by atoms with Crippen molar-refractivity contribution in [1.82, 2.24) is 10.2 Å². The van der Waals surface area contributed by atoms with E-state index in [1.165, 1.54) is 0 Å². The number of benzene rings is 1. The Morgan fingerprint density at radius 2 is 1.94 bits per heavy atom. The highest BCUT2D eigenvalue weighted by Gasteiger charge is 2.05. The maximum absolute atomic E-state index is 12.1. The maximum Gasteiger partial charge on any atom is 0.242 e. The van der Waals surface area contributed by atoms with Crippen LogP contribution in [-0.4, -0.2) is 16.6 Å². The first kappa shape index (κ1) is 10.6. The summed E-state index contributed by atoms with van der Waals surface area (Å²) in [5.41, 5.74) is 7.74. The van der Waals surface area contributed by atoms with Crippen LogP contribution >= 0.6 is 0 Å². The van der Waals surface area contributed by atoms with E-state index >= 15 is 0 Å². The molecule has 3 N–H and O–H groups in total. The number of aromatic nitrogens is 2. The highest BCUT2D eigenvalue weighted by molar-refractivity contribution is 5.62. The van der Waals surface area contributed by atoms with Gasteiger partial charge >= 0.3 is 0 Å². The highest BCUT2D eigenvalue weighted by atomic mass is 19.3. The van der Waals surface area contributed by atoms with Crippen LogP contribution in [0.1, 0.15) is 5.56 Å². The van der Waals surface area contributed by atoms with E-state index in [-0.39, 0.29) is 6.42 Å². The fourth-order valence-electron chi connectivity index (χ4n) is 1.48. The van der Waals surface area contributed by atoms with Crippen molar-refractivity contribution in [2.45, 2.75) is 12.8 Å². The predicted octanol–water partition coefficient (Wildman–Crippen LogP) is 2.47. The molecule has 0 aliphatic rings. The van der Waals surface area contributed by atoms with Crippen LogP contribution < -0.4 is 5.73 Å². The van der Waals surface area contributed by atoms with Crippen molar-refractivity contribution in [3.63, 3.8) is 0 Å². The van der Waals surface area contributed by atoms with Crippen LogP contribution in [0.5, 0.6) is 0 Å². The first-order valence-corrected chi connectivity index (χ1v) is 4.83. The smallest absolute Gasteiger partial charge is 0.242 e. The van der Waals surface area contributed by atoms with Gasteiger partial charge in [0, 0.05) is 12.5 Å². The molecule has 0 saturated heterocycles. The second-order valence-electron chi connectivity index (χ2n) is 3.50. The molecule has 0 saturated carbocycles. The Labute approximate surface area is 91.3 Å². The molecule has 0 bridgehead atoms. The lowest BCUT2D eigenvalue weighted by Gasteiger charge is -2.01. The highest BCUT2D eigenvalue weighted by Crippen LogP contribution is 2.19. The molecule has 16 heavy (non-hydrogen) atoms. The monoisotopic (exact) mass is 223 g/mol. The van der Waals surface area contributed by atoms with Crippen molar-refractivity contribution >= 4 is 5.82 Å². The first-order valence-electron chi connectivity index (χ1n) is 4.83. The van der Waals surface area contributed by atoms with E-state index in [0.717, 1.165) is 11.3 Å². The quantitative estimate of drug-likeness (QED) is 0.839. The SMILES string of the molecule is Nc1cc(-c2ccc(CC(F)F)cc2)[nH]n1. The molecule has 84 valence electrons. The largest absolute Gasteiger partial charge is 0.382 e. The number of halogens is 2. The van der Waals surface area contributed by atoms with Gasteiger partial charge < -0.3 is 5.73 Å². The molecule has 0 atom stereocenters. The van der Waals surface area contributed by atoms with Gasteiger partial charge in [0.2, 0.25) is 6.43 Å². The molecule has 1 heterocycles. The zero-order chi connectivity index (χ0) is 11.5. The molecule has 0 amide bonds. The van der Waals surface area contributed by atoms with Gasteiger partial charge in [0.1, 0.15) is 5.82 Å². The van der Waals surface area contributed by atoms with E-state index in [1.807, 2.05) is 0 Å². The zero-order valence-corrected chi connectivity index (χ0v) is 8.45. The molecule has 0 fully saturated rings. The number of nitrogen functional groups attached to an aromatic ring is 1. The Bertz CT molecular complexity index is 462.